The number of carbonyl (C=O) groups is 1. The molecule has 0 aromatic heterocycles. The number of carbonyl (C=O) groups excluding carboxylic acids is 1. The molecule has 3 rings (SSSR count). The van der Waals surface area contributed by atoms with Gasteiger partial charge in [-0.15, -0.1) is 0 Å². The summed E-state index contributed by atoms with van der Waals surface area (Å²) in [6.45, 7) is 0. The third kappa shape index (κ3) is 2.62. The summed E-state index contributed by atoms with van der Waals surface area (Å²) in [6, 6.07) is 4.69. The Labute approximate surface area is 120 Å². The molecule has 112 valence electrons. The lowest BCUT2D eigenvalue weighted by molar-refractivity contribution is -0.136. The van der Waals surface area contributed by atoms with Crippen LogP contribution in [0.15, 0.2) is 36.4 Å². The van der Waals surface area contributed by atoms with E-state index in [1.165, 1.54) is 18.2 Å². The van der Waals surface area contributed by atoms with Crippen LogP contribution in [0, 0.1) is 0 Å². The van der Waals surface area contributed by atoms with Gasteiger partial charge >= 0.3 is 12.2 Å². The Balaban J connectivity index is 1.82. The van der Waals surface area contributed by atoms with Crippen LogP contribution in [-0.4, -0.2) is 23.0 Å². The summed E-state index contributed by atoms with van der Waals surface area (Å²) in [5.74, 6) is 0. The fourth-order valence-corrected chi connectivity index (χ4v) is 3.06. The number of rotatable bonds is 1. The highest BCUT2D eigenvalue weighted by molar-refractivity contribution is 5.91. The van der Waals surface area contributed by atoms with Crippen molar-refractivity contribution in [2.24, 2.45) is 0 Å². The van der Waals surface area contributed by atoms with Crippen molar-refractivity contribution in [2.45, 2.75) is 37.5 Å². The molecule has 1 aromatic carbocycles. The predicted molar refractivity (Wildman–Crippen MR) is 72.9 cm³/mol. The van der Waals surface area contributed by atoms with Crippen molar-refractivity contribution < 1.29 is 18.0 Å². The fraction of sp³-hybridized carbons (Fsp3) is 0.400. The molecule has 2 atom stereocenters. The van der Waals surface area contributed by atoms with Gasteiger partial charge in [-0.1, -0.05) is 24.3 Å². The van der Waals surface area contributed by atoms with Crippen LogP contribution in [0.2, 0.25) is 0 Å². The van der Waals surface area contributed by atoms with E-state index < -0.39 is 17.8 Å². The molecule has 6 heteroatoms. The highest BCUT2D eigenvalue weighted by Gasteiger charge is 2.38. The molecular formula is C15H15F3N2O. The topological polar surface area (TPSA) is 32.3 Å². The smallest absolute Gasteiger partial charge is 0.315 e. The van der Waals surface area contributed by atoms with Gasteiger partial charge in [0.25, 0.3) is 0 Å². The molecule has 1 aromatic rings. The first kappa shape index (κ1) is 14.0. The van der Waals surface area contributed by atoms with Gasteiger partial charge in [-0.05, 0) is 31.4 Å². The number of urea groups is 1. The average Bonchev–Trinajstić information content (AvgIpc) is 2.68. The van der Waals surface area contributed by atoms with Crippen molar-refractivity contribution in [3.8, 4) is 0 Å². The first-order valence-electron chi connectivity index (χ1n) is 6.89. The van der Waals surface area contributed by atoms with E-state index in [0.717, 1.165) is 25.3 Å². The van der Waals surface area contributed by atoms with Crippen molar-refractivity contribution >= 4 is 11.7 Å². The Morgan fingerprint density at radius 3 is 2.71 bits per heavy atom. The number of hydrogen-bond donors (Lipinski definition) is 1. The van der Waals surface area contributed by atoms with Crippen LogP contribution >= 0.6 is 0 Å². The molecule has 0 aliphatic carbocycles. The maximum absolute atomic E-state index is 12.9. The van der Waals surface area contributed by atoms with Crippen molar-refractivity contribution in [1.29, 1.82) is 0 Å². The number of anilines is 1. The van der Waals surface area contributed by atoms with Crippen molar-refractivity contribution in [3.05, 3.63) is 42.0 Å². The Bertz CT molecular complexity index is 583. The number of amides is 2. The minimum absolute atomic E-state index is 0.00167. The maximum Gasteiger partial charge on any atom is 0.418 e. The summed E-state index contributed by atoms with van der Waals surface area (Å²) in [5.41, 5.74) is -1.01. The second kappa shape index (κ2) is 5.09. The molecule has 0 saturated carbocycles. The molecule has 2 aliphatic heterocycles. The third-order valence-electron chi connectivity index (χ3n) is 4.02. The Morgan fingerprint density at radius 1 is 1.24 bits per heavy atom. The average molecular weight is 296 g/mol. The van der Waals surface area contributed by atoms with Crippen molar-refractivity contribution in [2.75, 3.05) is 5.32 Å². The van der Waals surface area contributed by atoms with E-state index >= 15 is 0 Å². The second-order valence-corrected chi connectivity index (χ2v) is 5.34. The largest absolute Gasteiger partial charge is 0.418 e. The quantitative estimate of drug-likeness (QED) is 0.780. The molecule has 3 nitrogen and oxygen atoms in total. The number of alkyl halides is 3. The summed E-state index contributed by atoms with van der Waals surface area (Å²) in [6.07, 6.45) is 2.05. The first-order valence-corrected chi connectivity index (χ1v) is 6.89. The molecule has 1 fully saturated rings. The Kier molecular flexibility index (Phi) is 3.39. The Morgan fingerprint density at radius 2 is 2.00 bits per heavy atom. The van der Waals surface area contributed by atoms with Gasteiger partial charge in [-0.2, -0.15) is 13.2 Å². The van der Waals surface area contributed by atoms with Gasteiger partial charge in [0.05, 0.1) is 17.3 Å². The van der Waals surface area contributed by atoms with E-state index in [0.29, 0.717) is 0 Å². The predicted octanol–water partition coefficient (Wildman–Crippen LogP) is 4.03. The zero-order valence-electron chi connectivity index (χ0n) is 11.2. The third-order valence-corrected chi connectivity index (χ3v) is 4.02. The molecule has 2 aliphatic rings. The summed E-state index contributed by atoms with van der Waals surface area (Å²) >= 11 is 0. The molecule has 21 heavy (non-hydrogen) atoms. The molecule has 1 saturated heterocycles. The minimum atomic E-state index is -4.48. The van der Waals surface area contributed by atoms with Crippen LogP contribution < -0.4 is 5.32 Å². The lowest BCUT2D eigenvalue weighted by Gasteiger charge is -2.31. The zero-order chi connectivity index (χ0) is 15.0. The van der Waals surface area contributed by atoms with Gasteiger partial charge in [-0.3, -0.25) is 0 Å². The van der Waals surface area contributed by atoms with Crippen molar-refractivity contribution in [1.82, 2.24) is 4.90 Å². The minimum Gasteiger partial charge on any atom is -0.315 e. The van der Waals surface area contributed by atoms with E-state index in [4.69, 9.17) is 0 Å². The summed E-state index contributed by atoms with van der Waals surface area (Å²) < 4.78 is 38.8. The van der Waals surface area contributed by atoms with E-state index in [9.17, 15) is 18.0 Å². The molecule has 1 N–H and O–H groups in total. The van der Waals surface area contributed by atoms with E-state index in [1.54, 1.807) is 4.90 Å². The van der Waals surface area contributed by atoms with E-state index in [2.05, 4.69) is 5.32 Å². The number of halogens is 3. The van der Waals surface area contributed by atoms with E-state index in [1.807, 2.05) is 12.2 Å². The maximum atomic E-state index is 12.9. The number of para-hydroxylation sites is 1. The Hall–Kier alpha value is -1.98. The standard InChI is InChI=1S/C15H15F3N2O/c16-15(17,18)12-6-1-2-7-13(12)19-14(21)20-10-4-3-5-11(20)9-8-10/h1-4,6-7,10-11H,5,8-9H2,(H,19,21). The molecular weight excluding hydrogens is 281 g/mol. The first-order chi connectivity index (χ1) is 9.97. The summed E-state index contributed by atoms with van der Waals surface area (Å²) in [4.78, 5) is 14.0. The number of nitrogens with one attached hydrogen (secondary N) is 1. The lowest BCUT2D eigenvalue weighted by atomic mass is 10.1. The van der Waals surface area contributed by atoms with Crippen LogP contribution in [0.5, 0.6) is 0 Å². The van der Waals surface area contributed by atoms with Gasteiger partial charge in [-0.25, -0.2) is 4.79 Å². The number of benzene rings is 1. The lowest BCUT2D eigenvalue weighted by Crippen LogP contribution is -2.44. The zero-order valence-corrected chi connectivity index (χ0v) is 11.2. The molecule has 2 unspecified atom stereocenters. The van der Waals surface area contributed by atoms with Gasteiger partial charge in [0.2, 0.25) is 0 Å². The van der Waals surface area contributed by atoms with Crippen LogP contribution in [-0.2, 0) is 6.18 Å². The number of nitrogens with zero attached hydrogens (tertiary/aromatic N) is 1. The molecule has 2 amide bonds. The van der Waals surface area contributed by atoms with Crippen molar-refractivity contribution in [3.63, 3.8) is 0 Å². The normalized spacial score (nSPS) is 24.2. The highest BCUT2D eigenvalue weighted by atomic mass is 19.4. The number of fused-ring (bicyclic) bond motifs is 2. The number of hydrogen-bond acceptors (Lipinski definition) is 1. The molecule has 2 bridgehead atoms. The SMILES string of the molecule is O=C(Nc1ccccc1C(F)(F)F)N1C2C=CCC1CC2. The molecule has 0 radical (unpaired) electrons. The second-order valence-electron chi connectivity index (χ2n) is 5.34. The summed E-state index contributed by atoms with van der Waals surface area (Å²) in [7, 11) is 0. The monoisotopic (exact) mass is 296 g/mol. The van der Waals surface area contributed by atoms with Gasteiger partial charge < -0.3 is 10.2 Å². The van der Waals surface area contributed by atoms with Crippen LogP contribution in [0.25, 0.3) is 0 Å². The van der Waals surface area contributed by atoms with E-state index in [-0.39, 0.29) is 17.8 Å². The molecule has 2 heterocycles. The van der Waals surface area contributed by atoms with Crippen LogP contribution in [0.4, 0.5) is 23.7 Å². The molecule has 0 spiro atoms. The fourth-order valence-electron chi connectivity index (χ4n) is 3.06. The summed E-state index contributed by atoms with van der Waals surface area (Å²) in [5, 5.41) is 2.42. The van der Waals surface area contributed by atoms with Gasteiger partial charge in [0, 0.05) is 6.04 Å². The van der Waals surface area contributed by atoms with Crippen LogP contribution in [0.3, 0.4) is 0 Å². The van der Waals surface area contributed by atoms with Gasteiger partial charge in [0.15, 0.2) is 0 Å². The van der Waals surface area contributed by atoms with Gasteiger partial charge in [0.1, 0.15) is 0 Å². The highest BCUT2D eigenvalue weighted by Crippen LogP contribution is 2.36. The van der Waals surface area contributed by atoms with Crippen LogP contribution in [0.1, 0.15) is 24.8 Å².